The topological polar surface area (TPSA) is 75.3 Å². The van der Waals surface area contributed by atoms with E-state index in [2.05, 4.69) is 116 Å². The van der Waals surface area contributed by atoms with Gasteiger partial charge in [-0.3, -0.25) is 4.98 Å². The van der Waals surface area contributed by atoms with Crippen LogP contribution in [0.15, 0.2) is 134 Å². The molecule has 5 aromatic carbocycles. The van der Waals surface area contributed by atoms with Gasteiger partial charge in [-0.1, -0.05) is 111 Å². The molecule has 9 rings (SSSR count). The molecule has 5 nitrogen and oxygen atoms in total. The Morgan fingerprint density at radius 3 is 1.87 bits per heavy atom. The van der Waals surface area contributed by atoms with Crippen molar-refractivity contribution in [2.24, 2.45) is 17.8 Å². The van der Waals surface area contributed by atoms with Crippen LogP contribution in [0.3, 0.4) is 0 Å². The van der Waals surface area contributed by atoms with E-state index in [-0.39, 0.29) is 5.41 Å². The van der Waals surface area contributed by atoms with Crippen molar-refractivity contribution in [1.29, 1.82) is 5.26 Å². The summed E-state index contributed by atoms with van der Waals surface area (Å²) in [5.74, 6) is 4.21. The summed E-state index contributed by atoms with van der Waals surface area (Å²) < 4.78 is 0. The van der Waals surface area contributed by atoms with E-state index < -0.39 is 0 Å². The molecule has 0 amide bonds. The fourth-order valence-corrected chi connectivity index (χ4v) is 9.52. The van der Waals surface area contributed by atoms with Gasteiger partial charge in [0.15, 0.2) is 17.5 Å². The monoisotopic (exact) mass is 687 g/mol. The summed E-state index contributed by atoms with van der Waals surface area (Å²) in [5.41, 5.74) is 10.3. The first-order chi connectivity index (χ1) is 25.9. The molecule has 0 spiro atoms. The molecule has 2 aliphatic carbocycles. The van der Waals surface area contributed by atoms with Gasteiger partial charge >= 0.3 is 0 Å². The lowest BCUT2D eigenvalue weighted by molar-refractivity contribution is 0.0780. The maximum Gasteiger partial charge on any atom is 0.164 e. The van der Waals surface area contributed by atoms with Crippen LogP contribution in [0.2, 0.25) is 0 Å². The number of benzene rings is 5. The van der Waals surface area contributed by atoms with Crippen LogP contribution in [0.4, 0.5) is 0 Å². The van der Waals surface area contributed by atoms with Gasteiger partial charge in [-0.25, -0.2) is 15.0 Å². The van der Waals surface area contributed by atoms with Gasteiger partial charge in [0, 0.05) is 28.3 Å². The molecule has 2 aromatic heterocycles. The van der Waals surface area contributed by atoms with Gasteiger partial charge in [0.25, 0.3) is 0 Å². The highest BCUT2D eigenvalue weighted by Gasteiger charge is 2.45. The predicted octanol–water partition coefficient (Wildman–Crippen LogP) is 11.7. The van der Waals surface area contributed by atoms with Crippen LogP contribution in [0.25, 0.3) is 67.3 Å². The van der Waals surface area contributed by atoms with Crippen molar-refractivity contribution in [2.75, 3.05) is 0 Å². The van der Waals surface area contributed by atoms with Gasteiger partial charge < -0.3 is 0 Å². The largest absolute Gasteiger partial charge is 0.256 e. The standard InChI is InChI=1S/C48H41N5/c1-31-23-34-24-32(2)28-48(27-31,29-34)41-19-16-38(17-20-41)45-51-46(53-47(52-45)40-15-14-37-9-6-22-50-44(37)26-40)39-18-21-42(35-7-4-3-5-8-35)43(25-39)36-12-10-33(30-49)11-13-36/h3-22,25-26,31-32,34H,23-24,27-29H2,1-2H3/t31-,32+,34-,48?. The second-order valence-electron chi connectivity index (χ2n) is 15.6. The van der Waals surface area contributed by atoms with E-state index in [0.717, 1.165) is 67.6 Å². The Morgan fingerprint density at radius 2 is 1.17 bits per heavy atom. The van der Waals surface area contributed by atoms with Crippen molar-refractivity contribution >= 4 is 10.9 Å². The summed E-state index contributed by atoms with van der Waals surface area (Å²) in [6, 6.07) is 46.2. The normalized spacial score (nSPS) is 20.9. The van der Waals surface area contributed by atoms with Gasteiger partial charge in [0.05, 0.1) is 17.1 Å². The first kappa shape index (κ1) is 32.9. The Balaban J connectivity index is 1.18. The Morgan fingerprint density at radius 1 is 0.566 bits per heavy atom. The first-order valence-corrected chi connectivity index (χ1v) is 18.9. The minimum absolute atomic E-state index is 0.258. The second kappa shape index (κ2) is 13.5. The number of fused-ring (bicyclic) bond motifs is 3. The highest BCUT2D eigenvalue weighted by atomic mass is 15.0. The van der Waals surface area contributed by atoms with E-state index in [1.807, 2.05) is 42.6 Å². The molecule has 0 radical (unpaired) electrons. The lowest BCUT2D eigenvalue weighted by Gasteiger charge is -2.50. The molecule has 0 aliphatic heterocycles. The van der Waals surface area contributed by atoms with E-state index in [1.54, 1.807) is 0 Å². The number of rotatable bonds is 6. The molecule has 1 unspecified atom stereocenters. The highest BCUT2D eigenvalue weighted by Crippen LogP contribution is 2.54. The maximum absolute atomic E-state index is 9.49. The Kier molecular flexibility index (Phi) is 8.39. The SMILES string of the molecule is C[C@@H]1C[C@@H]2C[C@H](C)CC(c3ccc(-c4nc(-c5ccc(-c6ccccc6)c(-c6ccc(C#N)cc6)c5)nc(-c5ccc6cccnc6c5)n4)cc3)(C1)C2. The van der Waals surface area contributed by atoms with Crippen molar-refractivity contribution in [3.63, 3.8) is 0 Å². The minimum Gasteiger partial charge on any atom is -0.256 e. The van der Waals surface area contributed by atoms with Gasteiger partial charge in [-0.05, 0) is 113 Å². The van der Waals surface area contributed by atoms with Crippen molar-refractivity contribution < 1.29 is 0 Å². The fourth-order valence-electron chi connectivity index (χ4n) is 9.52. The number of aromatic nitrogens is 4. The van der Waals surface area contributed by atoms with Crippen LogP contribution < -0.4 is 0 Å². The number of nitrogens with zero attached hydrogens (tertiary/aromatic N) is 5. The summed E-state index contributed by atoms with van der Waals surface area (Å²) in [5, 5.41) is 10.6. The van der Waals surface area contributed by atoms with Crippen LogP contribution in [0, 0.1) is 29.1 Å². The van der Waals surface area contributed by atoms with Gasteiger partial charge in [0.1, 0.15) is 0 Å². The zero-order chi connectivity index (χ0) is 35.9. The van der Waals surface area contributed by atoms with E-state index in [1.165, 1.54) is 37.7 Å². The molecule has 2 bridgehead atoms. The van der Waals surface area contributed by atoms with E-state index >= 15 is 0 Å². The summed E-state index contributed by atoms with van der Waals surface area (Å²) in [6.45, 7) is 4.89. The maximum atomic E-state index is 9.49. The third-order valence-corrected chi connectivity index (χ3v) is 11.6. The van der Waals surface area contributed by atoms with E-state index in [9.17, 15) is 5.26 Å². The van der Waals surface area contributed by atoms with Crippen LogP contribution in [-0.2, 0) is 5.41 Å². The van der Waals surface area contributed by atoms with Gasteiger partial charge in [0.2, 0.25) is 0 Å². The van der Waals surface area contributed by atoms with Crippen LogP contribution in [-0.4, -0.2) is 19.9 Å². The third kappa shape index (κ3) is 6.40. The first-order valence-electron chi connectivity index (χ1n) is 18.9. The zero-order valence-electron chi connectivity index (χ0n) is 30.2. The zero-order valence-corrected chi connectivity index (χ0v) is 30.2. The van der Waals surface area contributed by atoms with Crippen LogP contribution in [0.1, 0.15) is 57.1 Å². The van der Waals surface area contributed by atoms with Crippen LogP contribution >= 0.6 is 0 Å². The molecule has 2 fully saturated rings. The van der Waals surface area contributed by atoms with Crippen LogP contribution in [0.5, 0.6) is 0 Å². The smallest absolute Gasteiger partial charge is 0.164 e. The number of hydrogen-bond donors (Lipinski definition) is 0. The Bertz CT molecular complexity index is 2460. The Hall–Kier alpha value is -5.99. The lowest BCUT2D eigenvalue weighted by Crippen LogP contribution is -2.42. The summed E-state index contributed by atoms with van der Waals surface area (Å²) >= 11 is 0. The highest BCUT2D eigenvalue weighted by molar-refractivity contribution is 5.87. The third-order valence-electron chi connectivity index (χ3n) is 11.6. The molecule has 2 aliphatic rings. The molecule has 2 heterocycles. The summed E-state index contributed by atoms with van der Waals surface area (Å²) in [6.07, 6.45) is 8.39. The van der Waals surface area contributed by atoms with E-state index in [4.69, 9.17) is 15.0 Å². The average molecular weight is 688 g/mol. The average Bonchev–Trinajstić information content (AvgIpc) is 3.20. The van der Waals surface area contributed by atoms with E-state index in [0.29, 0.717) is 23.0 Å². The van der Waals surface area contributed by atoms with Crippen molar-refractivity contribution in [3.8, 4) is 62.5 Å². The molecule has 258 valence electrons. The molecule has 0 N–H and O–H groups in total. The molecular weight excluding hydrogens is 647 g/mol. The molecule has 0 saturated heterocycles. The quantitative estimate of drug-likeness (QED) is 0.174. The summed E-state index contributed by atoms with van der Waals surface area (Å²) in [7, 11) is 0. The Labute approximate surface area is 311 Å². The van der Waals surface area contributed by atoms with Crippen molar-refractivity contribution in [1.82, 2.24) is 19.9 Å². The molecule has 2 saturated carbocycles. The van der Waals surface area contributed by atoms with Crippen molar-refractivity contribution in [2.45, 2.75) is 51.4 Å². The molecule has 4 atom stereocenters. The lowest BCUT2D eigenvalue weighted by atomic mass is 9.54. The second-order valence-corrected chi connectivity index (χ2v) is 15.6. The predicted molar refractivity (Wildman–Crippen MR) is 214 cm³/mol. The molecular formula is C48H41N5. The minimum atomic E-state index is 0.258. The van der Waals surface area contributed by atoms with Gasteiger partial charge in [-0.2, -0.15) is 5.26 Å². The molecule has 53 heavy (non-hydrogen) atoms. The fraction of sp³-hybridized carbons (Fsp3) is 0.229. The molecule has 7 aromatic rings. The number of pyridine rings is 1. The van der Waals surface area contributed by atoms with Gasteiger partial charge in [-0.15, -0.1) is 0 Å². The number of hydrogen-bond acceptors (Lipinski definition) is 5. The molecule has 5 heteroatoms. The number of nitriles is 1. The van der Waals surface area contributed by atoms with Crippen molar-refractivity contribution in [3.05, 3.63) is 145 Å². The summed E-state index contributed by atoms with van der Waals surface area (Å²) in [4.78, 5) is 20.0.